The van der Waals surface area contributed by atoms with E-state index in [2.05, 4.69) is 18.8 Å². The van der Waals surface area contributed by atoms with E-state index in [0.717, 1.165) is 16.0 Å². The van der Waals surface area contributed by atoms with Gasteiger partial charge in [0.05, 0.1) is 12.1 Å². The molecule has 6 heteroatoms. The van der Waals surface area contributed by atoms with Crippen molar-refractivity contribution in [2.45, 2.75) is 38.3 Å². The molecule has 0 saturated carbocycles. The molecule has 2 amide bonds. The second-order valence-corrected chi connectivity index (χ2v) is 6.86. The zero-order chi connectivity index (χ0) is 15.9. The highest BCUT2D eigenvalue weighted by atomic mass is 32.1. The first kappa shape index (κ1) is 15.0. The molecule has 0 unspecified atom stereocenters. The Balaban J connectivity index is 2.03. The molecule has 0 radical (unpaired) electrons. The number of rotatable bonds is 3. The largest absolute Gasteiger partial charge is 0.390 e. The van der Waals surface area contributed by atoms with Gasteiger partial charge in [0.25, 0.3) is 0 Å². The molecule has 22 heavy (non-hydrogen) atoms. The van der Waals surface area contributed by atoms with Gasteiger partial charge in [-0.05, 0) is 17.0 Å². The second kappa shape index (κ2) is 5.70. The third-order valence-corrected chi connectivity index (χ3v) is 5.27. The van der Waals surface area contributed by atoms with Crippen molar-refractivity contribution in [1.29, 1.82) is 0 Å². The summed E-state index contributed by atoms with van der Waals surface area (Å²) in [7, 11) is 0. The van der Waals surface area contributed by atoms with E-state index in [1.54, 1.807) is 6.20 Å². The molecule has 0 spiro atoms. The van der Waals surface area contributed by atoms with Crippen LogP contribution in [0.5, 0.6) is 0 Å². The molecule has 3 rings (SSSR count). The molecule has 1 aliphatic rings. The first-order valence-electron chi connectivity index (χ1n) is 7.29. The van der Waals surface area contributed by atoms with Crippen LogP contribution in [0.1, 0.15) is 41.8 Å². The predicted molar refractivity (Wildman–Crippen MR) is 87.2 cm³/mol. The second-order valence-electron chi connectivity index (χ2n) is 5.82. The maximum absolute atomic E-state index is 12.0. The number of hydrogen-bond donors (Lipinski definition) is 2. The number of thiazole rings is 1. The number of benzene rings is 1. The van der Waals surface area contributed by atoms with Gasteiger partial charge in [0.15, 0.2) is 5.13 Å². The fraction of sp³-hybridized carbons (Fsp3) is 0.375. The van der Waals surface area contributed by atoms with E-state index in [-0.39, 0.29) is 0 Å². The number of fused-ring (bicyclic) bond motifs is 1. The first-order chi connectivity index (χ1) is 10.5. The molecular weight excluding hydrogens is 298 g/mol. The molecule has 1 heterocycles. The average molecular weight is 317 g/mol. The molecule has 0 aliphatic heterocycles. The molecule has 2 aromatic rings. The Morgan fingerprint density at radius 2 is 2.18 bits per heavy atom. The van der Waals surface area contributed by atoms with E-state index in [1.807, 2.05) is 24.3 Å². The fourth-order valence-electron chi connectivity index (χ4n) is 2.87. The summed E-state index contributed by atoms with van der Waals surface area (Å²) < 4.78 is 0. The number of anilines is 1. The molecule has 5 nitrogen and oxygen atoms in total. The smallest absolute Gasteiger partial charge is 0.321 e. The van der Waals surface area contributed by atoms with Gasteiger partial charge in [-0.15, -0.1) is 11.3 Å². The number of amides is 2. The lowest BCUT2D eigenvalue weighted by atomic mass is 10.1. The molecule has 3 N–H and O–H groups in total. The Kier molecular flexibility index (Phi) is 3.88. The summed E-state index contributed by atoms with van der Waals surface area (Å²) in [6.07, 6.45) is 1.62. The van der Waals surface area contributed by atoms with Crippen LogP contribution < -0.4 is 10.6 Å². The highest BCUT2D eigenvalue weighted by Gasteiger charge is 2.39. The van der Waals surface area contributed by atoms with Crippen molar-refractivity contribution in [3.63, 3.8) is 0 Å². The minimum atomic E-state index is -0.670. The van der Waals surface area contributed by atoms with Crippen molar-refractivity contribution in [3.05, 3.63) is 46.5 Å². The van der Waals surface area contributed by atoms with Gasteiger partial charge in [-0.2, -0.15) is 0 Å². The zero-order valence-corrected chi connectivity index (χ0v) is 13.4. The SMILES string of the molecule is CC(C)c1cnc(N(C(N)=O)[C@@H]2c3ccccc3C[C@H]2O)s1. The molecule has 1 aliphatic carbocycles. The Morgan fingerprint density at radius 1 is 1.45 bits per heavy atom. The lowest BCUT2D eigenvalue weighted by Crippen LogP contribution is -2.42. The number of nitrogens with zero attached hydrogens (tertiary/aromatic N) is 2. The van der Waals surface area contributed by atoms with Gasteiger partial charge in [0, 0.05) is 17.5 Å². The molecule has 0 bridgehead atoms. The quantitative estimate of drug-likeness (QED) is 0.913. The van der Waals surface area contributed by atoms with Crippen LogP contribution in [0.3, 0.4) is 0 Å². The van der Waals surface area contributed by atoms with Crippen LogP contribution in [0.4, 0.5) is 9.93 Å². The Bertz CT molecular complexity index is 698. The minimum Gasteiger partial charge on any atom is -0.390 e. The third kappa shape index (κ3) is 2.48. The summed E-state index contributed by atoms with van der Waals surface area (Å²) in [4.78, 5) is 18.9. The van der Waals surface area contributed by atoms with Gasteiger partial charge < -0.3 is 10.8 Å². The van der Waals surface area contributed by atoms with Crippen LogP contribution in [0.25, 0.3) is 0 Å². The third-order valence-electron chi connectivity index (χ3n) is 3.97. The Labute approximate surface area is 133 Å². The summed E-state index contributed by atoms with van der Waals surface area (Å²) in [5.41, 5.74) is 7.58. The lowest BCUT2D eigenvalue weighted by molar-refractivity contribution is 0.154. The standard InChI is InChI=1S/C16H19N3O2S/c1-9(2)13-8-18-16(22-13)19(15(17)21)14-11-6-4-3-5-10(11)7-12(14)20/h3-6,8-9,12,14,20H,7H2,1-2H3,(H2,17,21)/t12-,14-/m1/s1. The van der Waals surface area contributed by atoms with Gasteiger partial charge in [-0.1, -0.05) is 38.1 Å². The van der Waals surface area contributed by atoms with Crippen LogP contribution in [-0.2, 0) is 6.42 Å². The summed E-state index contributed by atoms with van der Waals surface area (Å²) in [6.45, 7) is 4.15. The van der Waals surface area contributed by atoms with E-state index >= 15 is 0 Å². The van der Waals surface area contributed by atoms with E-state index in [0.29, 0.717) is 17.5 Å². The van der Waals surface area contributed by atoms with E-state index in [9.17, 15) is 9.90 Å². The average Bonchev–Trinajstić information content (AvgIpc) is 3.05. The summed E-state index contributed by atoms with van der Waals surface area (Å²) in [6, 6.07) is 6.68. The molecule has 2 atom stereocenters. The molecule has 0 fully saturated rings. The molecular formula is C16H19N3O2S. The Morgan fingerprint density at radius 3 is 2.82 bits per heavy atom. The molecule has 1 aromatic heterocycles. The topological polar surface area (TPSA) is 79.5 Å². The molecule has 0 saturated heterocycles. The number of aliphatic hydroxyl groups is 1. The van der Waals surface area contributed by atoms with Gasteiger partial charge in [-0.3, -0.25) is 4.90 Å². The number of aliphatic hydroxyl groups excluding tert-OH is 1. The maximum atomic E-state index is 12.0. The highest BCUT2D eigenvalue weighted by molar-refractivity contribution is 7.15. The molecule has 1 aromatic carbocycles. The lowest BCUT2D eigenvalue weighted by Gasteiger charge is -2.28. The van der Waals surface area contributed by atoms with Crippen LogP contribution in [0, 0.1) is 0 Å². The van der Waals surface area contributed by atoms with Crippen LogP contribution in [0.15, 0.2) is 30.5 Å². The van der Waals surface area contributed by atoms with Gasteiger partial charge in [0.1, 0.15) is 0 Å². The monoisotopic (exact) mass is 317 g/mol. The van der Waals surface area contributed by atoms with E-state index in [4.69, 9.17) is 5.73 Å². The summed E-state index contributed by atoms with van der Waals surface area (Å²) >= 11 is 1.44. The summed E-state index contributed by atoms with van der Waals surface area (Å²) in [5.74, 6) is 0.335. The van der Waals surface area contributed by atoms with Crippen LogP contribution >= 0.6 is 11.3 Å². The number of hydrogen-bond acceptors (Lipinski definition) is 4. The van der Waals surface area contributed by atoms with Crippen molar-refractivity contribution >= 4 is 22.5 Å². The highest BCUT2D eigenvalue weighted by Crippen LogP contribution is 2.40. The van der Waals surface area contributed by atoms with Crippen LogP contribution in [-0.4, -0.2) is 22.2 Å². The number of carbonyl (C=O) groups excluding carboxylic acids is 1. The maximum Gasteiger partial charge on any atom is 0.321 e. The minimum absolute atomic E-state index is 0.335. The van der Waals surface area contributed by atoms with Crippen LogP contribution in [0.2, 0.25) is 0 Å². The van der Waals surface area contributed by atoms with Crippen molar-refractivity contribution in [2.24, 2.45) is 5.73 Å². The van der Waals surface area contributed by atoms with Crippen molar-refractivity contribution < 1.29 is 9.90 Å². The van der Waals surface area contributed by atoms with Gasteiger partial charge in [-0.25, -0.2) is 9.78 Å². The van der Waals surface area contributed by atoms with Crippen molar-refractivity contribution in [2.75, 3.05) is 4.90 Å². The number of urea groups is 1. The summed E-state index contributed by atoms with van der Waals surface area (Å²) in [5, 5.41) is 11.0. The van der Waals surface area contributed by atoms with Gasteiger partial charge in [0.2, 0.25) is 0 Å². The first-order valence-corrected chi connectivity index (χ1v) is 8.11. The van der Waals surface area contributed by atoms with E-state index in [1.165, 1.54) is 16.2 Å². The van der Waals surface area contributed by atoms with E-state index < -0.39 is 18.2 Å². The Hall–Kier alpha value is -1.92. The van der Waals surface area contributed by atoms with Crippen molar-refractivity contribution in [1.82, 2.24) is 4.98 Å². The number of primary amides is 1. The molecule has 116 valence electrons. The number of aromatic nitrogens is 1. The normalized spacial score (nSPS) is 20.2. The fourth-order valence-corrected chi connectivity index (χ4v) is 3.83. The number of carbonyl (C=O) groups is 1. The number of nitrogens with two attached hydrogens (primary N) is 1. The predicted octanol–water partition coefficient (Wildman–Crippen LogP) is 2.81. The van der Waals surface area contributed by atoms with Crippen molar-refractivity contribution in [3.8, 4) is 0 Å². The van der Waals surface area contributed by atoms with Gasteiger partial charge >= 0.3 is 6.03 Å². The zero-order valence-electron chi connectivity index (χ0n) is 12.6.